The number of hydrogen-bond donors (Lipinski definition) is 1. The number of aromatic nitrogens is 2. The maximum atomic E-state index is 5.29. The number of halogens is 1. The van der Waals surface area contributed by atoms with E-state index in [-0.39, 0.29) is 0 Å². The first-order valence-electron chi connectivity index (χ1n) is 4.60. The van der Waals surface area contributed by atoms with E-state index in [0.717, 1.165) is 10.3 Å². The molecule has 15 heavy (non-hydrogen) atoms. The van der Waals surface area contributed by atoms with Crippen molar-refractivity contribution in [1.82, 2.24) is 9.97 Å². The molecule has 0 aliphatic carbocycles. The van der Waals surface area contributed by atoms with Crippen molar-refractivity contribution in [1.29, 1.82) is 0 Å². The lowest BCUT2D eigenvalue weighted by atomic mass is 10.5. The number of anilines is 1. The summed E-state index contributed by atoms with van der Waals surface area (Å²) in [6.45, 7) is 2.57. The van der Waals surface area contributed by atoms with E-state index in [2.05, 4.69) is 31.2 Å². The second-order valence-electron chi connectivity index (χ2n) is 2.75. The first kappa shape index (κ1) is 12.4. The van der Waals surface area contributed by atoms with E-state index in [1.807, 2.05) is 0 Å². The molecule has 1 aromatic rings. The number of hydrogen-bond acceptors (Lipinski definition) is 5. The van der Waals surface area contributed by atoms with Gasteiger partial charge < -0.3 is 14.8 Å². The van der Waals surface area contributed by atoms with Crippen LogP contribution in [0.2, 0.25) is 0 Å². The molecule has 5 nitrogen and oxygen atoms in total. The molecule has 1 heterocycles. The van der Waals surface area contributed by atoms with Gasteiger partial charge in [-0.15, -0.1) is 0 Å². The van der Waals surface area contributed by atoms with E-state index in [1.165, 1.54) is 6.33 Å². The lowest BCUT2D eigenvalue weighted by molar-refractivity contribution is 0.0759. The minimum atomic E-state index is 0.614. The van der Waals surface area contributed by atoms with Crippen LogP contribution in [0.5, 0.6) is 0 Å². The van der Waals surface area contributed by atoms with Crippen LogP contribution in [0.4, 0.5) is 5.82 Å². The Morgan fingerprint density at radius 3 is 3.00 bits per heavy atom. The predicted molar refractivity (Wildman–Crippen MR) is 60.9 cm³/mol. The van der Waals surface area contributed by atoms with Gasteiger partial charge in [0.1, 0.15) is 12.1 Å². The van der Waals surface area contributed by atoms with Gasteiger partial charge in [0.2, 0.25) is 0 Å². The van der Waals surface area contributed by atoms with Crippen LogP contribution in [0.1, 0.15) is 0 Å². The Hall–Kier alpha value is -0.720. The third-order valence-corrected chi connectivity index (χ3v) is 2.22. The third kappa shape index (κ3) is 5.06. The van der Waals surface area contributed by atoms with Crippen molar-refractivity contribution in [2.75, 3.05) is 38.8 Å². The van der Waals surface area contributed by atoms with Crippen molar-refractivity contribution in [2.45, 2.75) is 0 Å². The molecule has 0 atom stereocenters. The molecule has 0 radical (unpaired) electrons. The molecular weight excluding hydrogens is 262 g/mol. The minimum absolute atomic E-state index is 0.614. The van der Waals surface area contributed by atoms with E-state index < -0.39 is 0 Å². The summed E-state index contributed by atoms with van der Waals surface area (Å²) in [5, 5.41) is 3.13. The predicted octanol–water partition coefficient (Wildman–Crippen LogP) is 1.31. The van der Waals surface area contributed by atoms with E-state index in [9.17, 15) is 0 Å². The number of nitrogens with one attached hydrogen (secondary N) is 1. The van der Waals surface area contributed by atoms with Gasteiger partial charge in [-0.05, 0) is 15.9 Å². The topological polar surface area (TPSA) is 56.3 Å². The zero-order chi connectivity index (χ0) is 10.9. The van der Waals surface area contributed by atoms with Crippen molar-refractivity contribution in [3.8, 4) is 0 Å². The van der Waals surface area contributed by atoms with E-state index in [0.29, 0.717) is 26.4 Å². The zero-order valence-corrected chi connectivity index (χ0v) is 10.2. The van der Waals surface area contributed by atoms with Gasteiger partial charge in [-0.3, -0.25) is 0 Å². The molecule has 0 bridgehead atoms. The molecule has 0 aliphatic heterocycles. The monoisotopic (exact) mass is 275 g/mol. The van der Waals surface area contributed by atoms with Gasteiger partial charge in [-0.1, -0.05) is 0 Å². The van der Waals surface area contributed by atoms with Gasteiger partial charge in [0.15, 0.2) is 0 Å². The second-order valence-corrected chi connectivity index (χ2v) is 3.61. The fraction of sp³-hybridized carbons (Fsp3) is 0.556. The maximum Gasteiger partial charge on any atom is 0.143 e. The normalized spacial score (nSPS) is 10.3. The summed E-state index contributed by atoms with van der Waals surface area (Å²) in [5.74, 6) is 0.778. The number of ether oxygens (including phenoxy) is 2. The summed E-state index contributed by atoms with van der Waals surface area (Å²) >= 11 is 3.34. The van der Waals surface area contributed by atoms with Crippen LogP contribution in [0.15, 0.2) is 17.0 Å². The van der Waals surface area contributed by atoms with Crippen LogP contribution in [0.3, 0.4) is 0 Å². The Morgan fingerprint density at radius 1 is 1.40 bits per heavy atom. The van der Waals surface area contributed by atoms with Gasteiger partial charge in [0, 0.05) is 19.9 Å². The number of methoxy groups -OCH3 is 1. The van der Waals surface area contributed by atoms with Crippen molar-refractivity contribution in [3.05, 3.63) is 17.0 Å². The second kappa shape index (κ2) is 7.56. The lowest BCUT2D eigenvalue weighted by Gasteiger charge is -2.07. The molecular formula is C9H14BrN3O2. The molecule has 1 rings (SSSR count). The fourth-order valence-corrected chi connectivity index (χ4v) is 1.29. The molecule has 0 aromatic carbocycles. The SMILES string of the molecule is COCCOCCNc1ncncc1Br. The molecule has 0 amide bonds. The lowest BCUT2D eigenvalue weighted by Crippen LogP contribution is -2.12. The van der Waals surface area contributed by atoms with Crippen molar-refractivity contribution >= 4 is 21.7 Å². The third-order valence-electron chi connectivity index (χ3n) is 1.64. The average molecular weight is 276 g/mol. The highest BCUT2D eigenvalue weighted by molar-refractivity contribution is 9.10. The summed E-state index contributed by atoms with van der Waals surface area (Å²) in [6, 6.07) is 0. The van der Waals surface area contributed by atoms with Crippen LogP contribution in [0.25, 0.3) is 0 Å². The summed E-state index contributed by atoms with van der Waals surface area (Å²) in [7, 11) is 1.65. The molecule has 6 heteroatoms. The Bertz CT molecular complexity index is 286. The quantitative estimate of drug-likeness (QED) is 0.761. The van der Waals surface area contributed by atoms with Crippen molar-refractivity contribution in [2.24, 2.45) is 0 Å². The van der Waals surface area contributed by atoms with Crippen LogP contribution in [-0.4, -0.2) is 43.4 Å². The average Bonchev–Trinajstić information content (AvgIpc) is 2.25. The van der Waals surface area contributed by atoms with Gasteiger partial charge in [0.25, 0.3) is 0 Å². The Morgan fingerprint density at radius 2 is 2.27 bits per heavy atom. The highest BCUT2D eigenvalue weighted by atomic mass is 79.9. The van der Waals surface area contributed by atoms with Crippen molar-refractivity contribution < 1.29 is 9.47 Å². The number of rotatable bonds is 7. The van der Waals surface area contributed by atoms with Crippen LogP contribution in [0, 0.1) is 0 Å². The minimum Gasteiger partial charge on any atom is -0.382 e. The molecule has 0 fully saturated rings. The first-order valence-corrected chi connectivity index (χ1v) is 5.40. The molecule has 0 aliphatic rings. The highest BCUT2D eigenvalue weighted by Crippen LogP contribution is 2.16. The number of nitrogens with zero attached hydrogens (tertiary/aromatic N) is 2. The Balaban J connectivity index is 2.12. The summed E-state index contributed by atoms with van der Waals surface area (Å²) in [5.41, 5.74) is 0. The summed E-state index contributed by atoms with van der Waals surface area (Å²) in [4.78, 5) is 7.93. The summed E-state index contributed by atoms with van der Waals surface area (Å²) < 4.78 is 11.0. The first-order chi connectivity index (χ1) is 7.34. The van der Waals surface area contributed by atoms with Crippen LogP contribution < -0.4 is 5.32 Å². The van der Waals surface area contributed by atoms with E-state index in [1.54, 1.807) is 13.3 Å². The summed E-state index contributed by atoms with van der Waals surface area (Å²) in [6.07, 6.45) is 3.19. The Kier molecular flexibility index (Phi) is 6.22. The molecule has 84 valence electrons. The highest BCUT2D eigenvalue weighted by Gasteiger charge is 1.98. The van der Waals surface area contributed by atoms with Gasteiger partial charge in [-0.25, -0.2) is 9.97 Å². The Labute approximate surface area is 97.3 Å². The molecule has 1 aromatic heterocycles. The maximum absolute atomic E-state index is 5.29. The standard InChI is InChI=1S/C9H14BrN3O2/c1-14-4-5-15-3-2-12-9-8(10)6-11-7-13-9/h6-7H,2-5H2,1H3,(H,11,12,13). The van der Waals surface area contributed by atoms with Gasteiger partial charge >= 0.3 is 0 Å². The largest absolute Gasteiger partial charge is 0.382 e. The molecule has 0 saturated heterocycles. The fourth-order valence-electron chi connectivity index (χ4n) is 0.929. The molecule has 1 N–H and O–H groups in total. The van der Waals surface area contributed by atoms with E-state index >= 15 is 0 Å². The molecule has 0 saturated carbocycles. The van der Waals surface area contributed by atoms with Crippen molar-refractivity contribution in [3.63, 3.8) is 0 Å². The smallest absolute Gasteiger partial charge is 0.143 e. The van der Waals surface area contributed by atoms with Gasteiger partial charge in [0.05, 0.1) is 24.3 Å². The van der Waals surface area contributed by atoms with Crippen LogP contribution in [-0.2, 0) is 9.47 Å². The molecule has 0 spiro atoms. The molecule has 0 unspecified atom stereocenters. The van der Waals surface area contributed by atoms with E-state index in [4.69, 9.17) is 9.47 Å². The van der Waals surface area contributed by atoms with Gasteiger partial charge in [-0.2, -0.15) is 0 Å². The van der Waals surface area contributed by atoms with Crippen LogP contribution >= 0.6 is 15.9 Å². The zero-order valence-electron chi connectivity index (χ0n) is 8.57.